The van der Waals surface area contributed by atoms with E-state index < -0.39 is 0 Å². The highest BCUT2D eigenvalue weighted by Crippen LogP contribution is 2.28. The van der Waals surface area contributed by atoms with Gasteiger partial charge in [0.15, 0.2) is 0 Å². The lowest BCUT2D eigenvalue weighted by atomic mass is 10.1. The fourth-order valence-corrected chi connectivity index (χ4v) is 3.79. The van der Waals surface area contributed by atoms with E-state index >= 15 is 0 Å². The molecule has 140 valence electrons. The zero-order chi connectivity index (χ0) is 19.7. The Balaban J connectivity index is 1.61. The summed E-state index contributed by atoms with van der Waals surface area (Å²) in [6.45, 7) is 8.93. The van der Waals surface area contributed by atoms with Gasteiger partial charge in [0.2, 0.25) is 0 Å². The van der Waals surface area contributed by atoms with Crippen LogP contribution in [0.25, 0.3) is 0 Å². The first-order valence-corrected chi connectivity index (χ1v) is 9.34. The van der Waals surface area contributed by atoms with Crippen LogP contribution in [0.15, 0.2) is 77.2 Å². The molecular formula is C23H23N5. The molecule has 0 bridgehead atoms. The van der Waals surface area contributed by atoms with Crippen LogP contribution in [0.2, 0.25) is 0 Å². The van der Waals surface area contributed by atoms with Crippen molar-refractivity contribution in [1.82, 2.24) is 9.80 Å². The lowest BCUT2D eigenvalue weighted by Crippen LogP contribution is -2.28. The summed E-state index contributed by atoms with van der Waals surface area (Å²) in [5.74, 6) is 0.974. The van der Waals surface area contributed by atoms with Gasteiger partial charge in [0.1, 0.15) is 17.7 Å². The molecule has 4 rings (SSSR count). The van der Waals surface area contributed by atoms with Crippen molar-refractivity contribution in [3.05, 3.63) is 94.5 Å². The predicted molar refractivity (Wildman–Crippen MR) is 110 cm³/mol. The number of nitriles is 1. The number of hydrogen-bond acceptors (Lipinski definition) is 4. The number of aliphatic imine (C=N–C) groups is 1. The molecule has 2 aromatic rings. The molecule has 2 N–H and O–H groups in total. The minimum Gasteiger partial charge on any atom is -0.382 e. The maximum atomic E-state index is 9.44. The highest BCUT2D eigenvalue weighted by molar-refractivity contribution is 6.02. The Kier molecular flexibility index (Phi) is 4.62. The van der Waals surface area contributed by atoms with E-state index in [0.717, 1.165) is 18.8 Å². The third-order valence-electron chi connectivity index (χ3n) is 5.46. The fraction of sp³-hybridized carbons (Fsp3) is 0.217. The minimum atomic E-state index is 0.327. The Hall–Kier alpha value is -3.52. The van der Waals surface area contributed by atoms with Crippen LogP contribution in [0.4, 0.5) is 0 Å². The van der Waals surface area contributed by atoms with Crippen molar-refractivity contribution >= 4 is 5.84 Å². The Morgan fingerprint density at radius 3 is 1.79 bits per heavy atom. The lowest BCUT2D eigenvalue weighted by Gasteiger charge is -2.22. The molecule has 0 unspecified atom stereocenters. The Morgan fingerprint density at radius 2 is 1.36 bits per heavy atom. The summed E-state index contributed by atoms with van der Waals surface area (Å²) in [6, 6.07) is 18.8. The van der Waals surface area contributed by atoms with Gasteiger partial charge in [-0.2, -0.15) is 5.26 Å². The van der Waals surface area contributed by atoms with Crippen molar-refractivity contribution in [3.63, 3.8) is 0 Å². The molecule has 0 fully saturated rings. The maximum absolute atomic E-state index is 9.44. The first-order valence-electron chi connectivity index (χ1n) is 9.34. The first-order chi connectivity index (χ1) is 13.6. The third-order valence-corrected chi connectivity index (χ3v) is 5.46. The minimum absolute atomic E-state index is 0.327. The highest BCUT2D eigenvalue weighted by Gasteiger charge is 2.24. The van der Waals surface area contributed by atoms with Crippen LogP contribution in [0, 0.1) is 11.3 Å². The summed E-state index contributed by atoms with van der Waals surface area (Å²) in [7, 11) is 0. The maximum Gasteiger partial charge on any atom is 0.149 e. The zero-order valence-electron chi connectivity index (χ0n) is 16.0. The van der Waals surface area contributed by atoms with E-state index in [1.165, 1.54) is 22.3 Å². The molecule has 0 aromatic heterocycles. The van der Waals surface area contributed by atoms with Gasteiger partial charge in [-0.3, -0.25) is 0 Å². The topological polar surface area (TPSA) is 68.6 Å². The second kappa shape index (κ2) is 7.24. The quantitative estimate of drug-likeness (QED) is 0.509. The number of nitrogens with zero attached hydrogens (tertiary/aromatic N) is 4. The summed E-state index contributed by atoms with van der Waals surface area (Å²) in [6.07, 6.45) is 0. The molecule has 0 spiro atoms. The summed E-state index contributed by atoms with van der Waals surface area (Å²) in [5, 5.41) is 9.44. The van der Waals surface area contributed by atoms with Crippen molar-refractivity contribution in [2.75, 3.05) is 0 Å². The number of allylic oxidation sites excluding steroid dienone is 1. The second-order valence-corrected chi connectivity index (χ2v) is 7.25. The average Bonchev–Trinajstić information content (AvgIpc) is 3.34. The number of rotatable bonds is 3. The van der Waals surface area contributed by atoms with Crippen LogP contribution in [0.1, 0.15) is 29.2 Å². The van der Waals surface area contributed by atoms with Crippen LogP contribution in [-0.4, -0.2) is 15.6 Å². The largest absolute Gasteiger partial charge is 0.382 e. The van der Waals surface area contributed by atoms with E-state index in [4.69, 9.17) is 5.73 Å². The molecule has 2 heterocycles. The van der Waals surface area contributed by atoms with Crippen molar-refractivity contribution < 1.29 is 0 Å². The molecule has 5 nitrogen and oxygen atoms in total. The summed E-state index contributed by atoms with van der Waals surface area (Å²) >= 11 is 0. The van der Waals surface area contributed by atoms with Crippen LogP contribution in [0.5, 0.6) is 0 Å². The molecule has 0 aliphatic carbocycles. The fourth-order valence-electron chi connectivity index (χ4n) is 3.79. The molecule has 0 amide bonds. The van der Waals surface area contributed by atoms with Crippen molar-refractivity contribution in [2.45, 2.75) is 33.1 Å². The SMILES string of the molecule is C=C(C#N)C(=N/C(N)=C(\C)N1Cc2ccccc2C1)N1Cc2ccccc2C1. The Bertz CT molecular complexity index is 991. The monoisotopic (exact) mass is 369 g/mol. The number of hydrogen-bond donors (Lipinski definition) is 1. The number of amidine groups is 1. The van der Waals surface area contributed by atoms with E-state index in [1.807, 2.05) is 19.1 Å². The van der Waals surface area contributed by atoms with Gasteiger partial charge < -0.3 is 15.5 Å². The molecule has 0 saturated carbocycles. The highest BCUT2D eigenvalue weighted by atomic mass is 15.2. The standard InChI is InChI=1S/C23H23N5/c1-16(11-24)23(28-14-20-9-5-6-10-21(20)15-28)26-22(25)17(2)27-12-18-7-3-4-8-19(18)13-27/h3-10H,1,12-15,25H2,2H3/b22-17+,26-23?. The zero-order valence-corrected chi connectivity index (χ0v) is 16.0. The smallest absolute Gasteiger partial charge is 0.149 e. The van der Waals surface area contributed by atoms with E-state index in [0.29, 0.717) is 30.3 Å². The first kappa shape index (κ1) is 17.9. The summed E-state index contributed by atoms with van der Waals surface area (Å²) < 4.78 is 0. The molecule has 2 aromatic carbocycles. The van der Waals surface area contributed by atoms with Gasteiger partial charge >= 0.3 is 0 Å². The van der Waals surface area contributed by atoms with E-state index in [2.05, 4.69) is 63.8 Å². The van der Waals surface area contributed by atoms with Crippen LogP contribution >= 0.6 is 0 Å². The van der Waals surface area contributed by atoms with Crippen LogP contribution < -0.4 is 5.73 Å². The van der Waals surface area contributed by atoms with Crippen molar-refractivity contribution in [1.29, 1.82) is 5.26 Å². The van der Waals surface area contributed by atoms with Gasteiger partial charge in [-0.25, -0.2) is 4.99 Å². The predicted octanol–water partition coefficient (Wildman–Crippen LogP) is 3.64. The molecule has 0 atom stereocenters. The molecule has 28 heavy (non-hydrogen) atoms. The summed E-state index contributed by atoms with van der Waals surface area (Å²) in [4.78, 5) is 8.94. The van der Waals surface area contributed by atoms with E-state index in [1.54, 1.807) is 0 Å². The van der Waals surface area contributed by atoms with Crippen LogP contribution in [-0.2, 0) is 26.2 Å². The number of nitrogens with two attached hydrogens (primary N) is 1. The van der Waals surface area contributed by atoms with Gasteiger partial charge in [-0.1, -0.05) is 55.1 Å². The molecule has 2 aliphatic rings. The average molecular weight is 369 g/mol. The van der Waals surface area contributed by atoms with Gasteiger partial charge in [-0.05, 0) is 29.2 Å². The molecule has 0 saturated heterocycles. The molecular weight excluding hydrogens is 346 g/mol. The molecule has 5 heteroatoms. The van der Waals surface area contributed by atoms with Gasteiger partial charge in [-0.15, -0.1) is 0 Å². The second-order valence-electron chi connectivity index (χ2n) is 7.25. The Morgan fingerprint density at radius 1 is 0.929 bits per heavy atom. The van der Waals surface area contributed by atoms with E-state index in [-0.39, 0.29) is 0 Å². The molecule has 0 radical (unpaired) electrons. The normalized spacial score (nSPS) is 16.4. The van der Waals surface area contributed by atoms with Crippen molar-refractivity contribution in [2.24, 2.45) is 10.7 Å². The molecule has 2 aliphatic heterocycles. The third kappa shape index (κ3) is 3.25. The van der Waals surface area contributed by atoms with Gasteiger partial charge in [0.05, 0.1) is 11.3 Å². The summed E-state index contributed by atoms with van der Waals surface area (Å²) in [5.41, 5.74) is 12.7. The van der Waals surface area contributed by atoms with Gasteiger partial charge in [0.25, 0.3) is 0 Å². The lowest BCUT2D eigenvalue weighted by molar-refractivity contribution is 0.358. The van der Waals surface area contributed by atoms with Crippen molar-refractivity contribution in [3.8, 4) is 6.07 Å². The van der Waals surface area contributed by atoms with E-state index in [9.17, 15) is 5.26 Å². The van der Waals surface area contributed by atoms with Gasteiger partial charge in [0, 0.05) is 26.2 Å². The Labute approximate surface area is 165 Å². The number of fused-ring (bicyclic) bond motifs is 2. The van der Waals surface area contributed by atoms with Crippen LogP contribution in [0.3, 0.4) is 0 Å². The number of benzene rings is 2.